The van der Waals surface area contributed by atoms with E-state index in [2.05, 4.69) is 328 Å². The van der Waals surface area contributed by atoms with Crippen LogP contribution < -0.4 is 0 Å². The van der Waals surface area contributed by atoms with Crippen LogP contribution in [0.5, 0.6) is 0 Å². The van der Waals surface area contributed by atoms with Gasteiger partial charge in [-0.3, -0.25) is 4.79 Å². The Morgan fingerprint density at radius 2 is 0.391 bits per heavy atom. The second-order valence-electron chi connectivity index (χ2n) is 24.6. The fourth-order valence-electron chi connectivity index (χ4n) is 13.1. The quantitative estimate of drug-likeness (QED) is 0.0232. The lowest BCUT2D eigenvalue weighted by Gasteiger charge is -2.50. The van der Waals surface area contributed by atoms with Crippen molar-refractivity contribution in [3.63, 3.8) is 0 Å². The molecular weight excluding hydrogens is 1210 g/mol. The number of rotatable bonds is 33. The third kappa shape index (κ3) is 18.9. The molecule has 0 heterocycles. The molecule has 0 spiro atoms. The van der Waals surface area contributed by atoms with Crippen LogP contribution in [0.3, 0.4) is 0 Å². The molecule has 0 aliphatic carbocycles. The molecule has 0 amide bonds. The van der Waals surface area contributed by atoms with E-state index < -0.39 is 42.6 Å². The summed E-state index contributed by atoms with van der Waals surface area (Å²) in [7, 11) is -19.3. The van der Waals surface area contributed by atoms with E-state index in [0.717, 1.165) is 62.6 Å². The minimum atomic E-state index is -4.11. The minimum absolute atomic E-state index is 0.0706. The molecule has 0 unspecified atom stereocenters. The minimum Gasteiger partial charge on any atom is -0.518 e. The topological polar surface area (TPSA) is 63.2 Å². The van der Waals surface area contributed by atoms with Crippen molar-refractivity contribution in [3.05, 3.63) is 407 Å². The maximum absolute atomic E-state index is 13.9. The number of allylic oxidation sites excluding steroid dienone is 1. The molecule has 0 fully saturated rings. The highest BCUT2D eigenvalue weighted by Gasteiger charge is 2.60. The molecule has 11 heteroatoms. The Hall–Kier alpha value is -8.45. The van der Waals surface area contributed by atoms with Gasteiger partial charge in [0.05, 0.1) is 0 Å². The zero-order chi connectivity index (χ0) is 63.2. The third-order valence-electron chi connectivity index (χ3n) is 16.9. The molecular formula is C81H82O6Si5. The highest BCUT2D eigenvalue weighted by Crippen LogP contribution is 2.40. The molecule has 0 aromatic heterocycles. The predicted molar refractivity (Wildman–Crippen MR) is 386 cm³/mol. The first kappa shape index (κ1) is 65.1. The number of hydrogen-bond donors (Lipinski definition) is 0. The van der Waals surface area contributed by atoms with Crippen LogP contribution in [0.2, 0.25) is 0 Å². The molecule has 11 rings (SSSR count). The van der Waals surface area contributed by atoms with E-state index in [1.54, 1.807) is 0 Å². The van der Waals surface area contributed by atoms with Gasteiger partial charge in [0.2, 0.25) is 0 Å². The fourth-order valence-corrected chi connectivity index (χ4v) is 42.5. The first-order valence-corrected chi connectivity index (χ1v) is 43.6. The van der Waals surface area contributed by atoms with Crippen molar-refractivity contribution in [2.45, 2.75) is 73.4 Å². The first-order chi connectivity index (χ1) is 45.0. The van der Waals surface area contributed by atoms with Crippen molar-refractivity contribution < 1.29 is 25.7 Å². The van der Waals surface area contributed by atoms with E-state index in [0.29, 0.717) is 48.4 Å². The second-order valence-corrected chi connectivity index (χ2v) is 41.6. The Morgan fingerprint density at radius 3 is 0.576 bits per heavy atom. The largest absolute Gasteiger partial charge is 0.518 e. The summed E-state index contributed by atoms with van der Waals surface area (Å²) >= 11 is 0. The highest BCUT2D eigenvalue weighted by atomic mass is 28.5. The summed E-state index contributed by atoms with van der Waals surface area (Å²) in [4.78, 5) is 13.9. The Morgan fingerprint density at radius 1 is 0.239 bits per heavy atom. The molecule has 0 aliphatic rings. The van der Waals surface area contributed by atoms with Gasteiger partial charge >= 0.3 is 34.2 Å². The molecule has 0 radical (unpaired) electrons. The van der Waals surface area contributed by atoms with Crippen LogP contribution in [-0.4, -0.2) is 48.3 Å². The van der Waals surface area contributed by atoms with Gasteiger partial charge in [0, 0.05) is 55.3 Å². The fraction of sp³-hybridized carbons (Fsp3) is 0.148. The number of Topliss-reactive ketones (excluding diaryl/α,β-unsaturated/α-hetero) is 1. The molecule has 462 valence electrons. The normalized spacial score (nSPS) is 12.1. The van der Waals surface area contributed by atoms with Crippen molar-refractivity contribution in [2.75, 3.05) is 0 Å². The van der Waals surface area contributed by atoms with Gasteiger partial charge in [-0.2, -0.15) is 0 Å². The van der Waals surface area contributed by atoms with E-state index in [1.807, 2.05) is 12.1 Å². The van der Waals surface area contributed by atoms with Crippen molar-refractivity contribution in [3.8, 4) is 0 Å². The van der Waals surface area contributed by atoms with E-state index in [4.69, 9.17) is 16.8 Å². The smallest absolute Gasteiger partial charge is 0.399 e. The van der Waals surface area contributed by atoms with Gasteiger partial charge in [-0.25, -0.2) is 0 Å². The van der Waals surface area contributed by atoms with Gasteiger partial charge in [0.25, 0.3) is 0 Å². The van der Waals surface area contributed by atoms with E-state index >= 15 is 0 Å². The van der Waals surface area contributed by atoms with Crippen LogP contribution in [0.25, 0.3) is 0 Å². The molecule has 0 N–H and O–H groups in total. The van der Waals surface area contributed by atoms with Crippen molar-refractivity contribution in [1.29, 1.82) is 0 Å². The zero-order valence-electron chi connectivity index (χ0n) is 52.7. The van der Waals surface area contributed by atoms with Gasteiger partial charge in [-0.15, -0.1) is 0 Å². The summed E-state index contributed by atoms with van der Waals surface area (Å²) in [6.45, 7) is 5.93. The third-order valence-corrected chi connectivity index (χ3v) is 40.4. The van der Waals surface area contributed by atoms with Crippen LogP contribution in [-0.2, 0) is 92.2 Å². The van der Waals surface area contributed by atoms with Gasteiger partial charge in [-0.1, -0.05) is 340 Å². The Labute approximate surface area is 551 Å². The number of carbonyl (C=O) groups is 1. The number of benzene rings is 11. The van der Waals surface area contributed by atoms with Crippen molar-refractivity contribution in [2.24, 2.45) is 0 Å². The van der Waals surface area contributed by atoms with E-state index in [9.17, 15) is 8.91 Å². The second kappa shape index (κ2) is 31.7. The summed E-state index contributed by atoms with van der Waals surface area (Å²) in [5.41, 5.74) is 12.4. The zero-order valence-corrected chi connectivity index (χ0v) is 57.7. The van der Waals surface area contributed by atoms with Crippen LogP contribution >= 0.6 is 0 Å². The monoisotopic (exact) mass is 1290 g/mol. The SMILES string of the molecule is C=C(O[Si](Cc1ccccc1)(Cc1ccccc1)O[Si](Cc1ccccc1)(Cc1ccccc1)O[Si](Cc1ccccc1)(Cc1ccccc1)O[Si](Cc1ccccc1)(Cc1ccccc1)O[Si](Cc1ccccc1)(Cc1ccccc1)Cc1ccccc1)C(C)=O. The summed E-state index contributed by atoms with van der Waals surface area (Å²) in [5, 5.41) is 0. The van der Waals surface area contributed by atoms with Crippen LogP contribution in [0.4, 0.5) is 0 Å². The number of hydrogen-bond acceptors (Lipinski definition) is 6. The van der Waals surface area contributed by atoms with Crippen LogP contribution in [0.15, 0.2) is 346 Å². The van der Waals surface area contributed by atoms with E-state index in [1.165, 1.54) is 23.6 Å². The summed E-state index contributed by atoms with van der Waals surface area (Å²) in [6.07, 6.45) is 0. The number of carbonyl (C=O) groups excluding carboxylic acids is 1. The van der Waals surface area contributed by atoms with Gasteiger partial charge in [0.15, 0.2) is 14.1 Å². The standard InChI is InChI=1S/C81H82O6Si5/c1-69(82)70(2)83-89(61-74-42-20-6-21-43-74,62-75-44-22-7-23-45-75)85-91(65-78-50-28-10-29-51-78,66-79-52-30-11-31-53-79)87-92(67-80-54-32-12-33-55-80,68-81-56-34-13-35-57-81)86-90(63-76-46-24-8-25-47-76,64-77-48-26-9-27-49-77)84-88(58-71-36-14-3-15-37-71,59-72-38-16-4-17-39-72)60-73-40-18-5-19-41-73/h3-57H,2,58-68H2,1H3. The lowest BCUT2D eigenvalue weighted by atomic mass is 10.2. The lowest BCUT2D eigenvalue weighted by molar-refractivity contribution is -0.115. The molecule has 11 aromatic rings. The maximum atomic E-state index is 13.9. The van der Waals surface area contributed by atoms with Gasteiger partial charge in [-0.05, 0) is 79.3 Å². The average Bonchev–Trinajstić information content (AvgIpc) is 0.843. The number of ketones is 1. The Bertz CT molecular complexity index is 3710. The molecule has 0 atom stereocenters. The highest BCUT2D eigenvalue weighted by molar-refractivity contribution is 6.91. The molecule has 11 aromatic carbocycles. The Balaban J connectivity index is 1.24. The summed E-state index contributed by atoms with van der Waals surface area (Å²) < 4.78 is 43.7. The molecule has 6 nitrogen and oxygen atoms in total. The lowest BCUT2D eigenvalue weighted by Crippen LogP contribution is -2.71. The first-order valence-electron chi connectivity index (χ1n) is 32.1. The van der Waals surface area contributed by atoms with Gasteiger partial charge in [0.1, 0.15) is 5.76 Å². The van der Waals surface area contributed by atoms with Crippen molar-refractivity contribution >= 4 is 48.3 Å². The predicted octanol–water partition coefficient (Wildman–Crippen LogP) is 17.5. The van der Waals surface area contributed by atoms with Crippen molar-refractivity contribution in [1.82, 2.24) is 0 Å². The van der Waals surface area contributed by atoms with E-state index in [-0.39, 0.29) is 11.5 Å². The maximum Gasteiger partial charge on any atom is 0.399 e. The Kier molecular flexibility index (Phi) is 22.4. The average molecular weight is 1290 g/mol. The summed E-state index contributed by atoms with van der Waals surface area (Å²) in [5.74, 6) is -0.184. The van der Waals surface area contributed by atoms with Crippen LogP contribution in [0, 0.1) is 0 Å². The molecule has 0 saturated carbocycles. The molecule has 0 saturated heterocycles. The van der Waals surface area contributed by atoms with Gasteiger partial charge < -0.3 is 20.9 Å². The molecule has 0 aliphatic heterocycles. The van der Waals surface area contributed by atoms with Crippen LogP contribution in [0.1, 0.15) is 68.1 Å². The molecule has 92 heavy (non-hydrogen) atoms. The summed E-state index contributed by atoms with van der Waals surface area (Å²) in [6, 6.07) is 125. The molecule has 0 bridgehead atoms.